The first-order valence-corrected chi connectivity index (χ1v) is 10.3. The molecule has 0 aliphatic carbocycles. The Morgan fingerprint density at radius 3 is 2.46 bits per heavy atom. The highest BCUT2D eigenvalue weighted by atomic mass is 19.1. The maximum Gasteiger partial charge on any atom is 0.123 e. The number of benzene rings is 2. The second kappa shape index (κ2) is 9.06. The fraction of sp³-hybridized carbons (Fsp3) is 0.500. The summed E-state index contributed by atoms with van der Waals surface area (Å²) in [5.74, 6) is 0.718. The van der Waals surface area contributed by atoms with Crippen molar-refractivity contribution in [2.75, 3.05) is 20.3 Å². The molecule has 0 bridgehead atoms. The molecule has 0 saturated carbocycles. The first-order chi connectivity index (χ1) is 13.5. The molecule has 3 rings (SSSR count). The lowest BCUT2D eigenvalue weighted by atomic mass is 9.66. The van der Waals surface area contributed by atoms with Crippen molar-refractivity contribution in [3.63, 3.8) is 0 Å². The highest BCUT2D eigenvalue weighted by molar-refractivity contribution is 5.28. The molecule has 0 radical (unpaired) electrons. The van der Waals surface area contributed by atoms with Crippen molar-refractivity contribution in [3.05, 3.63) is 65.5 Å². The van der Waals surface area contributed by atoms with Crippen LogP contribution in [0.25, 0.3) is 0 Å². The fourth-order valence-electron chi connectivity index (χ4n) is 4.39. The smallest absolute Gasteiger partial charge is 0.123 e. The van der Waals surface area contributed by atoms with E-state index in [2.05, 4.69) is 31.3 Å². The molecule has 2 atom stereocenters. The number of nitrogens with two attached hydrogens (primary N) is 1. The quantitative estimate of drug-likeness (QED) is 0.690. The summed E-state index contributed by atoms with van der Waals surface area (Å²) in [6, 6.07) is 15.4. The molecule has 0 aromatic heterocycles. The van der Waals surface area contributed by atoms with Crippen molar-refractivity contribution in [1.82, 2.24) is 0 Å². The number of rotatable bonds is 8. The third kappa shape index (κ3) is 4.92. The lowest BCUT2D eigenvalue weighted by molar-refractivity contribution is -0.672. The Bertz CT molecular complexity index is 746. The number of ether oxygens (including phenoxy) is 2. The summed E-state index contributed by atoms with van der Waals surface area (Å²) in [6.45, 7) is 7.15. The molecule has 28 heavy (non-hydrogen) atoms. The summed E-state index contributed by atoms with van der Waals surface area (Å²) in [5, 5.41) is 2.37. The van der Waals surface area contributed by atoms with Gasteiger partial charge in [-0.05, 0) is 68.1 Å². The predicted octanol–water partition coefficient (Wildman–Crippen LogP) is 4.20. The molecular formula is C24H33FNO2+. The second-order valence-electron chi connectivity index (χ2n) is 8.25. The zero-order chi connectivity index (χ0) is 20.0. The van der Waals surface area contributed by atoms with Crippen molar-refractivity contribution in [2.24, 2.45) is 0 Å². The van der Waals surface area contributed by atoms with Gasteiger partial charge >= 0.3 is 0 Å². The van der Waals surface area contributed by atoms with Crippen LogP contribution in [0.3, 0.4) is 0 Å². The number of halogens is 1. The van der Waals surface area contributed by atoms with Gasteiger partial charge < -0.3 is 14.8 Å². The third-order valence-electron chi connectivity index (χ3n) is 6.31. The second-order valence-corrected chi connectivity index (χ2v) is 8.25. The molecule has 1 saturated heterocycles. The van der Waals surface area contributed by atoms with Crippen molar-refractivity contribution in [1.29, 1.82) is 0 Å². The monoisotopic (exact) mass is 386 g/mol. The molecule has 2 N–H and O–H groups in total. The standard InChI is InChI=1S/C24H32FNO2/c1-4-23(2)18-24(14-16-28-23,20-7-9-21(25)10-8-20)13-15-26-17-19-5-11-22(27-3)12-6-19/h5-12,26H,4,13-18H2,1-3H3/p+1/t23-,24+/m0/s1. The molecule has 1 heterocycles. The molecule has 1 aliphatic heterocycles. The van der Waals surface area contributed by atoms with Crippen LogP contribution in [0.4, 0.5) is 4.39 Å². The van der Waals surface area contributed by atoms with Gasteiger partial charge in [0.25, 0.3) is 0 Å². The molecule has 0 spiro atoms. The van der Waals surface area contributed by atoms with E-state index in [1.165, 1.54) is 11.1 Å². The molecule has 3 nitrogen and oxygen atoms in total. The fourth-order valence-corrected chi connectivity index (χ4v) is 4.39. The van der Waals surface area contributed by atoms with E-state index >= 15 is 0 Å². The Kier molecular flexibility index (Phi) is 6.73. The average molecular weight is 387 g/mol. The van der Waals surface area contributed by atoms with Crippen LogP contribution in [0.5, 0.6) is 5.75 Å². The summed E-state index contributed by atoms with van der Waals surface area (Å²) in [6.07, 6.45) is 4.03. The van der Waals surface area contributed by atoms with E-state index in [0.717, 1.165) is 51.1 Å². The van der Waals surface area contributed by atoms with E-state index in [1.807, 2.05) is 24.3 Å². The minimum atomic E-state index is -0.171. The molecule has 2 aromatic rings. The minimum absolute atomic E-state index is 0.0487. The van der Waals surface area contributed by atoms with Gasteiger partial charge in [-0.3, -0.25) is 0 Å². The molecule has 0 unspecified atom stereocenters. The van der Waals surface area contributed by atoms with Gasteiger partial charge in [0, 0.05) is 24.0 Å². The lowest BCUT2D eigenvalue weighted by Crippen LogP contribution is -2.83. The van der Waals surface area contributed by atoms with E-state index in [-0.39, 0.29) is 16.8 Å². The maximum atomic E-state index is 13.5. The molecule has 0 amide bonds. The number of methoxy groups -OCH3 is 1. The van der Waals surface area contributed by atoms with Crippen LogP contribution in [0.2, 0.25) is 0 Å². The Balaban J connectivity index is 1.68. The highest BCUT2D eigenvalue weighted by Crippen LogP contribution is 2.44. The predicted molar refractivity (Wildman–Crippen MR) is 110 cm³/mol. The van der Waals surface area contributed by atoms with Crippen LogP contribution >= 0.6 is 0 Å². The van der Waals surface area contributed by atoms with Crippen molar-refractivity contribution in [2.45, 2.75) is 57.1 Å². The maximum absolute atomic E-state index is 13.5. The molecular weight excluding hydrogens is 353 g/mol. The molecule has 2 aromatic carbocycles. The molecule has 152 valence electrons. The zero-order valence-electron chi connectivity index (χ0n) is 17.3. The van der Waals surface area contributed by atoms with Crippen molar-refractivity contribution >= 4 is 0 Å². The average Bonchev–Trinajstić information content (AvgIpc) is 2.72. The first kappa shape index (κ1) is 20.8. The van der Waals surface area contributed by atoms with Gasteiger partial charge in [0.1, 0.15) is 18.1 Å². The van der Waals surface area contributed by atoms with Crippen LogP contribution in [-0.4, -0.2) is 25.9 Å². The highest BCUT2D eigenvalue weighted by Gasteiger charge is 2.43. The third-order valence-corrected chi connectivity index (χ3v) is 6.31. The number of hydrogen-bond donors (Lipinski definition) is 1. The van der Waals surface area contributed by atoms with Gasteiger partial charge in [-0.2, -0.15) is 0 Å². The van der Waals surface area contributed by atoms with Gasteiger partial charge in [-0.1, -0.05) is 19.1 Å². The van der Waals surface area contributed by atoms with Crippen LogP contribution < -0.4 is 10.1 Å². The van der Waals surface area contributed by atoms with Gasteiger partial charge in [-0.15, -0.1) is 0 Å². The number of quaternary nitrogens is 1. The Morgan fingerprint density at radius 1 is 1.11 bits per heavy atom. The van der Waals surface area contributed by atoms with Crippen LogP contribution in [0.1, 0.15) is 50.7 Å². The summed E-state index contributed by atoms with van der Waals surface area (Å²) < 4.78 is 24.8. The molecule has 1 fully saturated rings. The normalized spacial score (nSPS) is 24.9. The van der Waals surface area contributed by atoms with Crippen molar-refractivity contribution in [3.8, 4) is 5.75 Å². The number of hydrogen-bond acceptors (Lipinski definition) is 2. The van der Waals surface area contributed by atoms with E-state index in [1.54, 1.807) is 19.2 Å². The van der Waals surface area contributed by atoms with Crippen LogP contribution in [-0.2, 0) is 16.7 Å². The van der Waals surface area contributed by atoms with E-state index < -0.39 is 0 Å². The van der Waals surface area contributed by atoms with E-state index in [0.29, 0.717) is 0 Å². The summed E-state index contributed by atoms with van der Waals surface area (Å²) in [4.78, 5) is 0. The summed E-state index contributed by atoms with van der Waals surface area (Å²) >= 11 is 0. The Morgan fingerprint density at radius 2 is 1.82 bits per heavy atom. The SMILES string of the molecule is CC[C@@]1(C)C[C@](CC[NH2+]Cc2ccc(OC)cc2)(c2ccc(F)cc2)CCO1. The lowest BCUT2D eigenvalue weighted by Gasteiger charge is -2.46. The van der Waals surface area contributed by atoms with E-state index in [9.17, 15) is 4.39 Å². The van der Waals surface area contributed by atoms with Crippen LogP contribution in [0.15, 0.2) is 48.5 Å². The summed E-state index contributed by atoms with van der Waals surface area (Å²) in [5.41, 5.74) is 2.48. The van der Waals surface area contributed by atoms with Crippen molar-refractivity contribution < 1.29 is 19.2 Å². The molecule has 1 aliphatic rings. The molecule has 4 heteroatoms. The van der Waals surface area contributed by atoms with Crippen LogP contribution in [0, 0.1) is 5.82 Å². The van der Waals surface area contributed by atoms with Gasteiger partial charge in [0.2, 0.25) is 0 Å². The van der Waals surface area contributed by atoms with Gasteiger partial charge in [0.05, 0.1) is 19.3 Å². The van der Waals surface area contributed by atoms with Gasteiger partial charge in [0.15, 0.2) is 0 Å². The largest absolute Gasteiger partial charge is 0.497 e. The minimum Gasteiger partial charge on any atom is -0.497 e. The van der Waals surface area contributed by atoms with E-state index in [4.69, 9.17) is 9.47 Å². The Labute approximate surface area is 168 Å². The first-order valence-electron chi connectivity index (χ1n) is 10.3. The summed E-state index contributed by atoms with van der Waals surface area (Å²) in [7, 11) is 1.69. The van der Waals surface area contributed by atoms with Gasteiger partial charge in [-0.25, -0.2) is 4.39 Å². The zero-order valence-corrected chi connectivity index (χ0v) is 17.3. The Hall–Kier alpha value is -1.91. The topological polar surface area (TPSA) is 35.1 Å².